The molecule has 0 radical (unpaired) electrons. The minimum Gasteiger partial charge on any atom is -0.459 e. The number of para-hydroxylation sites is 2. The third kappa shape index (κ3) is 5.62. The van der Waals surface area contributed by atoms with Crippen LogP contribution in [0.25, 0.3) is 0 Å². The molecule has 3 aromatic carbocycles. The van der Waals surface area contributed by atoms with Gasteiger partial charge in [0.2, 0.25) is 0 Å². The van der Waals surface area contributed by atoms with Gasteiger partial charge in [-0.25, -0.2) is 0 Å². The van der Waals surface area contributed by atoms with Gasteiger partial charge in [-0.2, -0.15) is 5.26 Å². The van der Waals surface area contributed by atoms with E-state index in [-0.39, 0.29) is 0 Å². The molecule has 0 saturated carbocycles. The normalized spacial score (nSPS) is 11.8. The molecule has 1 unspecified atom stereocenters. The summed E-state index contributed by atoms with van der Waals surface area (Å²) in [4.78, 5) is 12.8. The predicted octanol–water partition coefficient (Wildman–Crippen LogP) is 6.12. The number of hydrogen-bond acceptors (Lipinski definition) is 5. The Bertz CT molecular complexity index is 1040. The van der Waals surface area contributed by atoms with Gasteiger partial charge in [0.1, 0.15) is 5.60 Å². The molecule has 2 N–H and O–H groups in total. The summed E-state index contributed by atoms with van der Waals surface area (Å²) in [5, 5.41) is 16.4. The van der Waals surface area contributed by atoms with Crippen LogP contribution in [0.3, 0.4) is 0 Å². The van der Waals surface area contributed by atoms with Crippen molar-refractivity contribution in [3.63, 3.8) is 0 Å². The summed E-state index contributed by atoms with van der Waals surface area (Å²) < 4.78 is 5.50. The van der Waals surface area contributed by atoms with Crippen molar-refractivity contribution >= 4 is 28.7 Å². The van der Waals surface area contributed by atoms with E-state index < -0.39 is 17.5 Å². The molecule has 1 atom stereocenters. The average molecular weight is 399 g/mol. The summed E-state index contributed by atoms with van der Waals surface area (Å²) in [6.07, 6.45) is 0. The first-order valence-electron chi connectivity index (χ1n) is 9.76. The number of esters is 1. The van der Waals surface area contributed by atoms with Crippen molar-refractivity contribution in [3.05, 3.63) is 84.4 Å². The fourth-order valence-electron chi connectivity index (χ4n) is 2.97. The molecule has 0 amide bonds. The lowest BCUT2D eigenvalue weighted by Gasteiger charge is -2.23. The number of nitriles is 1. The van der Waals surface area contributed by atoms with Gasteiger partial charge in [0.15, 0.2) is 5.92 Å². The molecule has 152 valence electrons. The number of benzene rings is 3. The number of ether oxygens (including phenoxy) is 1. The lowest BCUT2D eigenvalue weighted by atomic mass is 9.97. The fraction of sp³-hybridized carbons (Fsp3) is 0.200. The fourth-order valence-corrected chi connectivity index (χ4v) is 2.97. The monoisotopic (exact) mass is 399 g/mol. The molecule has 0 heterocycles. The van der Waals surface area contributed by atoms with Gasteiger partial charge in [-0.1, -0.05) is 36.4 Å². The first-order valence-corrected chi connectivity index (χ1v) is 9.76. The Kier molecular flexibility index (Phi) is 6.38. The number of anilines is 4. The van der Waals surface area contributed by atoms with Gasteiger partial charge in [-0.05, 0) is 63.2 Å². The van der Waals surface area contributed by atoms with E-state index in [2.05, 4.69) is 16.7 Å². The summed E-state index contributed by atoms with van der Waals surface area (Å²) in [6, 6.07) is 27.0. The molecular weight excluding hydrogens is 374 g/mol. The van der Waals surface area contributed by atoms with Gasteiger partial charge < -0.3 is 15.4 Å². The van der Waals surface area contributed by atoms with Gasteiger partial charge in [0.05, 0.1) is 6.07 Å². The summed E-state index contributed by atoms with van der Waals surface area (Å²) in [7, 11) is 0. The van der Waals surface area contributed by atoms with Crippen LogP contribution in [-0.4, -0.2) is 11.6 Å². The average Bonchev–Trinajstić information content (AvgIpc) is 2.70. The summed E-state index contributed by atoms with van der Waals surface area (Å²) in [5.41, 5.74) is 3.10. The smallest absolute Gasteiger partial charge is 0.328 e. The molecule has 30 heavy (non-hydrogen) atoms. The van der Waals surface area contributed by atoms with Gasteiger partial charge in [0, 0.05) is 28.3 Å². The van der Waals surface area contributed by atoms with E-state index in [0.717, 1.165) is 17.1 Å². The molecule has 0 fully saturated rings. The van der Waals surface area contributed by atoms with Gasteiger partial charge >= 0.3 is 5.97 Å². The van der Waals surface area contributed by atoms with Crippen molar-refractivity contribution < 1.29 is 9.53 Å². The Morgan fingerprint density at radius 2 is 1.43 bits per heavy atom. The van der Waals surface area contributed by atoms with E-state index in [9.17, 15) is 10.1 Å². The quantitative estimate of drug-likeness (QED) is 0.488. The van der Waals surface area contributed by atoms with Crippen LogP contribution in [0.5, 0.6) is 0 Å². The molecule has 0 spiro atoms. The van der Waals surface area contributed by atoms with Crippen molar-refractivity contribution in [1.82, 2.24) is 0 Å². The van der Waals surface area contributed by atoms with Crippen LogP contribution in [-0.2, 0) is 9.53 Å². The summed E-state index contributed by atoms with van der Waals surface area (Å²) in [5.74, 6) is -1.63. The molecule has 3 aromatic rings. The van der Waals surface area contributed by atoms with Crippen LogP contribution in [0.2, 0.25) is 0 Å². The van der Waals surface area contributed by atoms with Crippen LogP contribution in [0, 0.1) is 11.3 Å². The first-order chi connectivity index (χ1) is 14.4. The highest BCUT2D eigenvalue weighted by Gasteiger charge is 2.29. The molecule has 0 bridgehead atoms. The largest absolute Gasteiger partial charge is 0.459 e. The third-order valence-corrected chi connectivity index (χ3v) is 4.25. The number of nitrogens with zero attached hydrogens (tertiary/aromatic N) is 1. The van der Waals surface area contributed by atoms with Crippen LogP contribution < -0.4 is 10.6 Å². The lowest BCUT2D eigenvalue weighted by Crippen LogP contribution is -2.27. The number of hydrogen-bond donors (Lipinski definition) is 2. The topological polar surface area (TPSA) is 74.2 Å². The van der Waals surface area contributed by atoms with E-state index in [1.807, 2.05) is 78.9 Å². The van der Waals surface area contributed by atoms with Crippen molar-refractivity contribution in [2.45, 2.75) is 32.3 Å². The van der Waals surface area contributed by atoms with Crippen molar-refractivity contribution in [2.24, 2.45) is 0 Å². The highest BCUT2D eigenvalue weighted by atomic mass is 16.6. The molecule has 0 aliphatic heterocycles. The van der Waals surface area contributed by atoms with Crippen LogP contribution >= 0.6 is 0 Å². The second-order valence-electron chi connectivity index (χ2n) is 7.88. The highest BCUT2D eigenvalue weighted by molar-refractivity contribution is 5.86. The Labute approximate surface area is 177 Å². The Balaban J connectivity index is 1.99. The van der Waals surface area contributed by atoms with Crippen molar-refractivity contribution in [1.29, 1.82) is 5.26 Å². The van der Waals surface area contributed by atoms with Gasteiger partial charge in [-0.15, -0.1) is 0 Å². The predicted molar refractivity (Wildman–Crippen MR) is 120 cm³/mol. The number of rotatable bonds is 6. The zero-order valence-corrected chi connectivity index (χ0v) is 17.3. The number of carbonyl (C=O) groups is 1. The maximum absolute atomic E-state index is 12.8. The maximum atomic E-state index is 12.8. The number of carbonyl (C=O) groups excluding carboxylic acids is 1. The van der Waals surface area contributed by atoms with Gasteiger partial charge in [0.25, 0.3) is 0 Å². The number of nitrogens with one attached hydrogen (secondary N) is 2. The molecule has 5 heteroatoms. The molecule has 0 aromatic heterocycles. The molecule has 0 saturated heterocycles. The molecule has 3 rings (SSSR count). The molecule has 5 nitrogen and oxygen atoms in total. The SMILES string of the molecule is CC(C)(C)OC(=O)C(C#N)c1cc(Nc2ccccc2)ccc1Nc1ccccc1. The second kappa shape index (κ2) is 9.15. The van der Waals surface area contributed by atoms with E-state index in [0.29, 0.717) is 11.3 Å². The lowest BCUT2D eigenvalue weighted by molar-refractivity contribution is -0.155. The Morgan fingerprint density at radius 1 is 0.867 bits per heavy atom. The van der Waals surface area contributed by atoms with Crippen LogP contribution in [0.4, 0.5) is 22.7 Å². The molecular formula is C25H25N3O2. The minimum atomic E-state index is -1.06. The maximum Gasteiger partial charge on any atom is 0.328 e. The van der Waals surface area contributed by atoms with E-state index in [4.69, 9.17) is 4.74 Å². The summed E-state index contributed by atoms with van der Waals surface area (Å²) >= 11 is 0. The van der Waals surface area contributed by atoms with E-state index in [1.165, 1.54) is 0 Å². The standard InChI is InChI=1S/C25H25N3O2/c1-25(2,3)30-24(29)22(17-26)21-16-20(27-18-10-6-4-7-11-18)14-15-23(21)28-19-12-8-5-9-13-19/h4-16,22,27-28H,1-3H3. The zero-order valence-electron chi connectivity index (χ0n) is 17.3. The third-order valence-electron chi connectivity index (χ3n) is 4.25. The highest BCUT2D eigenvalue weighted by Crippen LogP contribution is 2.32. The van der Waals surface area contributed by atoms with E-state index in [1.54, 1.807) is 20.8 Å². The van der Waals surface area contributed by atoms with Crippen LogP contribution in [0.1, 0.15) is 32.3 Å². The molecule has 0 aliphatic carbocycles. The van der Waals surface area contributed by atoms with E-state index >= 15 is 0 Å². The Morgan fingerprint density at radius 3 is 1.97 bits per heavy atom. The Hall–Kier alpha value is -3.78. The van der Waals surface area contributed by atoms with Crippen LogP contribution in [0.15, 0.2) is 78.9 Å². The van der Waals surface area contributed by atoms with Gasteiger partial charge in [-0.3, -0.25) is 4.79 Å². The second-order valence-corrected chi connectivity index (χ2v) is 7.88. The first kappa shape index (κ1) is 20.9. The molecule has 0 aliphatic rings. The summed E-state index contributed by atoms with van der Waals surface area (Å²) in [6.45, 7) is 5.36. The zero-order chi connectivity index (χ0) is 21.6. The minimum absolute atomic E-state index is 0.552. The van der Waals surface area contributed by atoms with Crippen molar-refractivity contribution in [2.75, 3.05) is 10.6 Å². The van der Waals surface area contributed by atoms with Crippen molar-refractivity contribution in [3.8, 4) is 6.07 Å².